The van der Waals surface area contributed by atoms with Crippen molar-refractivity contribution in [2.24, 2.45) is 10.2 Å². The number of azo groups is 1. The number of amides is 1. The Kier molecular flexibility index (Phi) is 5.85. The van der Waals surface area contributed by atoms with Crippen molar-refractivity contribution in [3.8, 4) is 5.75 Å². The Morgan fingerprint density at radius 1 is 1.06 bits per heavy atom. The largest absolute Gasteiger partial charge is 0.505 e. The number of carbonyl (C=O) groups excluding carboxylic acids is 1. The number of aromatic nitrogens is 3. The molecule has 0 atom stereocenters. The molecule has 0 saturated carbocycles. The van der Waals surface area contributed by atoms with Gasteiger partial charge in [0.15, 0.2) is 5.75 Å². The van der Waals surface area contributed by atoms with Gasteiger partial charge in [-0.25, -0.2) is 4.79 Å². The molecule has 18 heteroatoms. The number of rotatable bonds is 6. The number of aromatic carboxylic acids is 1. The highest BCUT2D eigenvalue weighted by molar-refractivity contribution is 7.86. The second kappa shape index (κ2) is 8.16. The minimum atomic E-state index is -5.10. The maximum atomic E-state index is 11.9. The van der Waals surface area contributed by atoms with E-state index in [1.54, 1.807) is 0 Å². The van der Waals surface area contributed by atoms with Crippen molar-refractivity contribution in [1.29, 1.82) is 0 Å². The van der Waals surface area contributed by atoms with Gasteiger partial charge in [0.25, 0.3) is 26.2 Å². The van der Waals surface area contributed by atoms with E-state index in [0.29, 0.717) is 6.07 Å². The molecule has 0 saturated heterocycles. The minimum absolute atomic E-state index is 0.319. The van der Waals surface area contributed by atoms with Crippen molar-refractivity contribution in [2.45, 2.75) is 16.7 Å². The van der Waals surface area contributed by atoms with Gasteiger partial charge >= 0.3 is 5.97 Å². The van der Waals surface area contributed by atoms with Gasteiger partial charge in [-0.05, 0) is 23.6 Å². The normalized spacial score (nSPS) is 12.3. The molecular weight excluding hydrogens is 488 g/mol. The van der Waals surface area contributed by atoms with Gasteiger partial charge in [-0.15, -0.1) is 15.3 Å². The van der Waals surface area contributed by atoms with E-state index in [-0.39, 0.29) is 16.5 Å². The molecule has 0 aliphatic heterocycles. The molecule has 16 nitrogen and oxygen atoms in total. The molecule has 3 aromatic rings. The fourth-order valence-electron chi connectivity index (χ4n) is 2.68. The van der Waals surface area contributed by atoms with Crippen molar-refractivity contribution >= 4 is 60.2 Å². The second-order valence-electron chi connectivity index (χ2n) is 6.26. The van der Waals surface area contributed by atoms with E-state index < -0.39 is 65.1 Å². The van der Waals surface area contributed by atoms with Gasteiger partial charge in [-0.1, -0.05) is 0 Å². The first-order chi connectivity index (χ1) is 15.2. The van der Waals surface area contributed by atoms with Crippen LogP contribution < -0.4 is 5.32 Å². The first kappa shape index (κ1) is 23.7. The maximum absolute atomic E-state index is 11.9. The Morgan fingerprint density at radius 3 is 2.24 bits per heavy atom. The molecule has 0 aliphatic rings. The van der Waals surface area contributed by atoms with Crippen molar-refractivity contribution in [3.63, 3.8) is 0 Å². The van der Waals surface area contributed by atoms with Crippen LogP contribution in [0.15, 0.2) is 38.2 Å². The molecule has 1 aromatic heterocycles. The highest BCUT2D eigenvalue weighted by Gasteiger charge is 2.25. The molecule has 0 fully saturated rings. The number of carboxylic acids is 1. The number of anilines is 1. The van der Waals surface area contributed by atoms with Crippen LogP contribution in [0.1, 0.15) is 17.5 Å². The Balaban J connectivity index is 2.36. The number of hydrogen-bond donors (Lipinski definition) is 6. The predicted octanol–water partition coefficient (Wildman–Crippen LogP) is 1.23. The number of nitrogens with one attached hydrogen (secondary N) is 2. The molecule has 3 rings (SSSR count). The maximum Gasteiger partial charge on any atom is 0.373 e. The third-order valence-electron chi connectivity index (χ3n) is 3.93. The zero-order valence-electron chi connectivity index (χ0n) is 16.1. The summed E-state index contributed by atoms with van der Waals surface area (Å²) in [7, 11) is -9.93. The number of hydrogen-bond acceptors (Lipinski definition) is 11. The summed E-state index contributed by atoms with van der Waals surface area (Å²) in [5, 5.41) is 33.4. The standard InChI is InChI=1S/C15H12N6O10S2/c1-5(22)16-8-4-7(32(26,27)28)2-6-3-9(33(29,30)31)11(12(23)10(6)8)18-20-15-17-13(14(24)25)19-21-15/h2-4,23H,1H3,(H,16,22)(H,24,25)(H,17,19,21)(H,26,27,28)(H,29,30,31)/b20-18+. The molecule has 2 aromatic carbocycles. The van der Waals surface area contributed by atoms with Gasteiger partial charge in [0.2, 0.25) is 11.7 Å². The van der Waals surface area contributed by atoms with Gasteiger partial charge in [0.05, 0.1) is 10.6 Å². The molecule has 33 heavy (non-hydrogen) atoms. The van der Waals surface area contributed by atoms with Crippen LogP contribution >= 0.6 is 0 Å². The SMILES string of the molecule is CC(=O)Nc1cc(S(=O)(=O)O)cc2cc(S(=O)(=O)O)c(/N=N/c3n[nH]c(C(=O)O)n3)c(O)c12. The third-order valence-corrected chi connectivity index (χ3v) is 5.62. The van der Waals surface area contributed by atoms with Crippen LogP contribution in [0.5, 0.6) is 5.75 Å². The number of fused-ring (bicyclic) bond motifs is 1. The highest BCUT2D eigenvalue weighted by Crippen LogP contribution is 2.45. The van der Waals surface area contributed by atoms with E-state index in [0.717, 1.165) is 19.1 Å². The summed E-state index contributed by atoms with van der Waals surface area (Å²) < 4.78 is 65.9. The molecule has 0 bridgehead atoms. The Labute approximate surface area is 183 Å². The van der Waals surface area contributed by atoms with E-state index >= 15 is 0 Å². The summed E-state index contributed by atoms with van der Waals surface area (Å²) in [5.74, 6) is -4.36. The number of phenolic OH excluding ortho intramolecular Hbond substituents is 1. The van der Waals surface area contributed by atoms with Gasteiger partial charge in [0, 0.05) is 12.3 Å². The lowest BCUT2D eigenvalue weighted by atomic mass is 10.1. The third kappa shape index (κ3) is 4.92. The van der Waals surface area contributed by atoms with Crippen molar-refractivity contribution in [2.75, 3.05) is 5.32 Å². The van der Waals surface area contributed by atoms with Crippen LogP contribution in [0, 0.1) is 0 Å². The number of nitrogens with zero attached hydrogens (tertiary/aromatic N) is 4. The van der Waals surface area contributed by atoms with Crippen LogP contribution in [-0.2, 0) is 25.0 Å². The molecule has 0 radical (unpaired) electrons. The number of aromatic hydroxyl groups is 1. The quantitative estimate of drug-likeness (QED) is 0.206. The fraction of sp³-hybridized carbons (Fsp3) is 0.0667. The molecule has 1 amide bonds. The molecular formula is C15H12N6O10S2. The Morgan fingerprint density at radius 2 is 1.73 bits per heavy atom. The molecule has 174 valence electrons. The summed E-state index contributed by atoms with van der Waals surface area (Å²) in [6.45, 7) is 1.06. The van der Waals surface area contributed by atoms with Crippen LogP contribution in [0.2, 0.25) is 0 Å². The molecule has 0 unspecified atom stereocenters. The van der Waals surface area contributed by atoms with Gasteiger partial charge in [0.1, 0.15) is 10.6 Å². The number of phenols is 1. The van der Waals surface area contributed by atoms with Crippen molar-refractivity contribution in [3.05, 3.63) is 24.0 Å². The number of H-pyrrole nitrogens is 1. The van der Waals surface area contributed by atoms with Crippen molar-refractivity contribution < 1.29 is 45.7 Å². The van der Waals surface area contributed by atoms with E-state index in [2.05, 4.69) is 25.6 Å². The first-order valence-electron chi connectivity index (χ1n) is 8.32. The average Bonchev–Trinajstić information content (AvgIpc) is 3.14. The second-order valence-corrected chi connectivity index (χ2v) is 9.07. The Bertz CT molecular complexity index is 1560. The zero-order chi connectivity index (χ0) is 24.7. The van der Waals surface area contributed by atoms with Crippen LogP contribution in [0.4, 0.5) is 17.3 Å². The van der Waals surface area contributed by atoms with E-state index in [9.17, 15) is 40.6 Å². The summed E-state index contributed by atoms with van der Waals surface area (Å²) in [6.07, 6.45) is 0. The fourth-order valence-corrected chi connectivity index (χ4v) is 3.88. The molecule has 0 aliphatic carbocycles. The molecule has 6 N–H and O–H groups in total. The topological polar surface area (TPSA) is 262 Å². The summed E-state index contributed by atoms with van der Waals surface area (Å²) >= 11 is 0. The van der Waals surface area contributed by atoms with Crippen LogP contribution in [0.25, 0.3) is 10.8 Å². The highest BCUT2D eigenvalue weighted by atomic mass is 32.2. The number of carboxylic acid groups (broad SMARTS) is 1. The molecule has 1 heterocycles. The lowest BCUT2D eigenvalue weighted by molar-refractivity contribution is -0.114. The Hall–Kier alpha value is -4.00. The summed E-state index contributed by atoms with van der Waals surface area (Å²) in [6, 6.07) is 2.28. The summed E-state index contributed by atoms with van der Waals surface area (Å²) in [4.78, 5) is 24.0. The minimum Gasteiger partial charge on any atom is -0.505 e. The van der Waals surface area contributed by atoms with Crippen LogP contribution in [-0.4, -0.2) is 63.2 Å². The van der Waals surface area contributed by atoms with E-state index in [4.69, 9.17) is 5.11 Å². The lowest BCUT2D eigenvalue weighted by Crippen LogP contribution is -2.08. The summed E-state index contributed by atoms with van der Waals surface area (Å²) in [5.41, 5.74) is -1.22. The monoisotopic (exact) mass is 500 g/mol. The first-order valence-corrected chi connectivity index (χ1v) is 11.2. The molecule has 0 spiro atoms. The lowest BCUT2D eigenvalue weighted by Gasteiger charge is -2.14. The van der Waals surface area contributed by atoms with Gasteiger partial charge in [-0.2, -0.15) is 21.8 Å². The van der Waals surface area contributed by atoms with E-state index in [1.807, 2.05) is 5.10 Å². The van der Waals surface area contributed by atoms with Crippen LogP contribution in [0.3, 0.4) is 0 Å². The number of aromatic amines is 1. The predicted molar refractivity (Wildman–Crippen MR) is 107 cm³/mol. The average molecular weight is 500 g/mol. The van der Waals surface area contributed by atoms with Gasteiger partial charge < -0.3 is 15.5 Å². The number of carbonyl (C=O) groups is 2. The van der Waals surface area contributed by atoms with E-state index in [1.165, 1.54) is 0 Å². The zero-order valence-corrected chi connectivity index (χ0v) is 17.7. The smallest absolute Gasteiger partial charge is 0.373 e. The van der Waals surface area contributed by atoms with Gasteiger partial charge in [-0.3, -0.25) is 19.0 Å². The number of benzene rings is 2. The van der Waals surface area contributed by atoms with Crippen molar-refractivity contribution in [1.82, 2.24) is 15.2 Å².